The van der Waals surface area contributed by atoms with Crippen molar-refractivity contribution in [2.75, 3.05) is 10.5 Å². The van der Waals surface area contributed by atoms with Crippen molar-refractivity contribution in [1.29, 1.82) is 0 Å². The van der Waals surface area contributed by atoms with Crippen molar-refractivity contribution >= 4 is 33.1 Å². The molecule has 0 aliphatic rings. The Morgan fingerprint density at radius 1 is 1.21 bits per heavy atom. The topological polar surface area (TPSA) is 85.1 Å². The molecule has 0 unspecified atom stereocenters. The van der Waals surface area contributed by atoms with Crippen molar-refractivity contribution in [3.05, 3.63) is 53.2 Å². The number of halogens is 1. The van der Waals surface area contributed by atoms with E-state index in [4.69, 9.17) is 17.3 Å². The fourth-order valence-electron chi connectivity index (χ4n) is 1.48. The van der Waals surface area contributed by atoms with Crippen LogP contribution in [0.4, 0.5) is 11.5 Å². The molecular weight excluding hydrogens is 286 g/mol. The fraction of sp³-hybridized carbons (Fsp3) is 0.0833. The van der Waals surface area contributed by atoms with Gasteiger partial charge in [0.2, 0.25) is 10.0 Å². The van der Waals surface area contributed by atoms with E-state index in [-0.39, 0.29) is 16.6 Å². The molecule has 3 N–H and O–H groups in total. The molecule has 0 aliphatic heterocycles. The van der Waals surface area contributed by atoms with Gasteiger partial charge in [0.15, 0.2) is 5.82 Å². The maximum absolute atomic E-state index is 12.0. The van der Waals surface area contributed by atoms with Crippen LogP contribution in [0.1, 0.15) is 5.56 Å². The number of sulfonamides is 1. The van der Waals surface area contributed by atoms with Crippen LogP contribution in [0.3, 0.4) is 0 Å². The molecule has 0 bridgehead atoms. The summed E-state index contributed by atoms with van der Waals surface area (Å²) in [5.41, 5.74) is 6.76. The van der Waals surface area contributed by atoms with Crippen LogP contribution in [-0.2, 0) is 15.8 Å². The van der Waals surface area contributed by atoms with Gasteiger partial charge in [0, 0.05) is 11.9 Å². The van der Waals surface area contributed by atoms with Gasteiger partial charge in [0.1, 0.15) is 0 Å². The Morgan fingerprint density at radius 2 is 1.89 bits per heavy atom. The van der Waals surface area contributed by atoms with Crippen LogP contribution in [-0.4, -0.2) is 13.4 Å². The molecule has 2 aromatic rings. The second kappa shape index (κ2) is 5.46. The molecule has 0 saturated heterocycles. The van der Waals surface area contributed by atoms with Gasteiger partial charge in [-0.2, -0.15) is 0 Å². The number of rotatable bonds is 4. The lowest BCUT2D eigenvalue weighted by atomic mass is 10.2. The third-order valence-corrected chi connectivity index (χ3v) is 3.87. The van der Waals surface area contributed by atoms with E-state index in [1.165, 1.54) is 6.20 Å². The molecule has 0 spiro atoms. The van der Waals surface area contributed by atoms with Crippen LogP contribution in [0.5, 0.6) is 0 Å². The molecule has 0 fully saturated rings. The standard InChI is InChI=1S/C12H12ClN3O2S/c13-11-2-1-7-15-12(11)16-19(17,18)8-9-3-5-10(14)6-4-9/h1-7H,8,14H2,(H,15,16). The quantitative estimate of drug-likeness (QED) is 0.848. The number of nitrogen functional groups attached to an aromatic ring is 1. The summed E-state index contributed by atoms with van der Waals surface area (Å²) in [4.78, 5) is 3.88. The highest BCUT2D eigenvalue weighted by Crippen LogP contribution is 2.20. The zero-order valence-corrected chi connectivity index (χ0v) is 11.4. The smallest absolute Gasteiger partial charge is 0.238 e. The summed E-state index contributed by atoms with van der Waals surface area (Å²) in [6.45, 7) is 0. The van der Waals surface area contributed by atoms with Crippen molar-refractivity contribution in [1.82, 2.24) is 4.98 Å². The van der Waals surface area contributed by atoms with E-state index in [1.54, 1.807) is 36.4 Å². The van der Waals surface area contributed by atoms with E-state index in [1.807, 2.05) is 0 Å². The first-order valence-corrected chi connectivity index (χ1v) is 7.45. The van der Waals surface area contributed by atoms with E-state index in [0.717, 1.165) is 0 Å². The normalized spacial score (nSPS) is 11.2. The van der Waals surface area contributed by atoms with Crippen LogP contribution in [0.2, 0.25) is 5.02 Å². The minimum absolute atomic E-state index is 0.125. The number of pyridine rings is 1. The molecule has 7 heteroatoms. The number of nitrogens with one attached hydrogen (secondary N) is 1. The SMILES string of the molecule is Nc1ccc(CS(=O)(=O)Nc2ncccc2Cl)cc1. The van der Waals surface area contributed by atoms with Crippen molar-refractivity contribution in [3.8, 4) is 0 Å². The average Bonchev–Trinajstić information content (AvgIpc) is 2.35. The first-order chi connectivity index (χ1) is 8.96. The Labute approximate surface area is 116 Å². The van der Waals surface area contributed by atoms with Crippen LogP contribution in [0, 0.1) is 0 Å². The Kier molecular flexibility index (Phi) is 3.92. The monoisotopic (exact) mass is 297 g/mol. The number of nitrogens with two attached hydrogens (primary N) is 1. The van der Waals surface area contributed by atoms with E-state index in [2.05, 4.69) is 9.71 Å². The molecule has 0 aliphatic carbocycles. The molecule has 1 aromatic carbocycles. The molecule has 2 rings (SSSR count). The zero-order chi connectivity index (χ0) is 13.9. The number of nitrogens with zero attached hydrogens (tertiary/aromatic N) is 1. The fourth-order valence-corrected chi connectivity index (χ4v) is 2.86. The number of hydrogen-bond acceptors (Lipinski definition) is 4. The van der Waals surface area contributed by atoms with Gasteiger partial charge in [-0.15, -0.1) is 0 Å². The Hall–Kier alpha value is -1.79. The molecule has 1 heterocycles. The summed E-state index contributed by atoms with van der Waals surface area (Å²) in [6, 6.07) is 9.82. The van der Waals surface area contributed by atoms with E-state index < -0.39 is 10.0 Å². The molecule has 0 radical (unpaired) electrons. The van der Waals surface area contributed by atoms with Crippen molar-refractivity contribution in [2.24, 2.45) is 0 Å². The Morgan fingerprint density at radius 3 is 2.53 bits per heavy atom. The number of hydrogen-bond donors (Lipinski definition) is 2. The predicted octanol–water partition coefficient (Wildman–Crippen LogP) is 2.26. The van der Waals surface area contributed by atoms with E-state index in [9.17, 15) is 8.42 Å². The molecule has 1 aromatic heterocycles. The summed E-state index contributed by atoms with van der Waals surface area (Å²) in [6.07, 6.45) is 1.47. The molecule has 0 amide bonds. The van der Waals surface area contributed by atoms with Crippen molar-refractivity contribution < 1.29 is 8.42 Å². The Balaban J connectivity index is 2.15. The molecule has 0 atom stereocenters. The first kappa shape index (κ1) is 13.6. The van der Waals surface area contributed by atoms with Gasteiger partial charge >= 0.3 is 0 Å². The van der Waals surface area contributed by atoms with Crippen molar-refractivity contribution in [3.63, 3.8) is 0 Å². The van der Waals surface area contributed by atoms with Gasteiger partial charge in [-0.25, -0.2) is 13.4 Å². The minimum Gasteiger partial charge on any atom is -0.399 e. The molecule has 19 heavy (non-hydrogen) atoms. The largest absolute Gasteiger partial charge is 0.399 e. The predicted molar refractivity (Wildman–Crippen MR) is 76.3 cm³/mol. The van der Waals surface area contributed by atoms with Gasteiger partial charge in [0.25, 0.3) is 0 Å². The second-order valence-electron chi connectivity index (χ2n) is 3.94. The first-order valence-electron chi connectivity index (χ1n) is 5.42. The van der Waals surface area contributed by atoms with Gasteiger partial charge in [-0.1, -0.05) is 23.7 Å². The Bertz CT molecular complexity index is 672. The third kappa shape index (κ3) is 3.84. The third-order valence-electron chi connectivity index (χ3n) is 2.35. The number of anilines is 2. The lowest BCUT2D eigenvalue weighted by molar-refractivity contribution is 0.600. The maximum Gasteiger partial charge on any atom is 0.238 e. The summed E-state index contributed by atoms with van der Waals surface area (Å²) < 4.78 is 26.3. The van der Waals surface area contributed by atoms with Gasteiger partial charge in [-0.3, -0.25) is 4.72 Å². The highest BCUT2D eigenvalue weighted by Gasteiger charge is 2.14. The van der Waals surface area contributed by atoms with E-state index >= 15 is 0 Å². The summed E-state index contributed by atoms with van der Waals surface area (Å²) >= 11 is 5.85. The lowest BCUT2D eigenvalue weighted by Gasteiger charge is -2.08. The maximum atomic E-state index is 12.0. The van der Waals surface area contributed by atoms with Gasteiger partial charge in [-0.05, 0) is 29.8 Å². The average molecular weight is 298 g/mol. The molecule has 0 saturated carbocycles. The van der Waals surface area contributed by atoms with Gasteiger partial charge in [0.05, 0.1) is 10.8 Å². The van der Waals surface area contributed by atoms with Crippen molar-refractivity contribution in [2.45, 2.75) is 5.75 Å². The number of benzene rings is 1. The summed E-state index contributed by atoms with van der Waals surface area (Å²) in [7, 11) is -3.56. The van der Waals surface area contributed by atoms with Crippen LogP contribution < -0.4 is 10.5 Å². The van der Waals surface area contributed by atoms with Crippen LogP contribution in [0.15, 0.2) is 42.6 Å². The highest BCUT2D eigenvalue weighted by molar-refractivity contribution is 7.91. The summed E-state index contributed by atoms with van der Waals surface area (Å²) in [5.74, 6) is -0.0418. The van der Waals surface area contributed by atoms with Crippen LogP contribution in [0.25, 0.3) is 0 Å². The molecule has 100 valence electrons. The lowest BCUT2D eigenvalue weighted by Crippen LogP contribution is -2.16. The van der Waals surface area contributed by atoms with Crippen LogP contribution >= 0.6 is 11.6 Å². The summed E-state index contributed by atoms with van der Waals surface area (Å²) in [5, 5.41) is 0.253. The highest BCUT2D eigenvalue weighted by atomic mass is 35.5. The van der Waals surface area contributed by atoms with E-state index in [0.29, 0.717) is 11.3 Å². The second-order valence-corrected chi connectivity index (χ2v) is 6.07. The molecular formula is C12H12ClN3O2S. The van der Waals surface area contributed by atoms with Gasteiger partial charge < -0.3 is 5.73 Å². The zero-order valence-electron chi connectivity index (χ0n) is 9.88. The number of aromatic nitrogens is 1. The molecule has 5 nitrogen and oxygen atoms in total. The minimum atomic E-state index is -3.56.